The lowest BCUT2D eigenvalue weighted by atomic mass is 9.96. The molecule has 0 N–H and O–H groups in total. The molecular formula is C16H20O2. The molecule has 0 aromatic heterocycles. The van der Waals surface area contributed by atoms with Crippen molar-refractivity contribution in [2.24, 2.45) is 11.3 Å². The van der Waals surface area contributed by atoms with E-state index in [4.69, 9.17) is 4.74 Å². The molecular weight excluding hydrogens is 224 g/mol. The van der Waals surface area contributed by atoms with Gasteiger partial charge in [0.05, 0.1) is 12.0 Å². The van der Waals surface area contributed by atoms with Crippen LogP contribution in [0, 0.1) is 11.3 Å². The lowest BCUT2D eigenvalue weighted by Crippen LogP contribution is -2.21. The molecule has 1 aliphatic rings. The summed E-state index contributed by atoms with van der Waals surface area (Å²) < 4.78 is 5.20. The van der Waals surface area contributed by atoms with Gasteiger partial charge in [0.1, 0.15) is 0 Å². The summed E-state index contributed by atoms with van der Waals surface area (Å²) in [5.74, 6) is 0.350. The van der Waals surface area contributed by atoms with Crippen LogP contribution in [-0.4, -0.2) is 12.6 Å². The fourth-order valence-electron chi connectivity index (χ4n) is 2.66. The van der Waals surface area contributed by atoms with Gasteiger partial charge in [-0.2, -0.15) is 0 Å². The Hall–Kier alpha value is -1.57. The summed E-state index contributed by atoms with van der Waals surface area (Å²) in [5.41, 5.74) is 0.992. The van der Waals surface area contributed by atoms with E-state index in [9.17, 15) is 4.79 Å². The predicted molar refractivity (Wildman–Crippen MR) is 72.1 cm³/mol. The Morgan fingerprint density at radius 2 is 2.22 bits per heavy atom. The molecule has 2 atom stereocenters. The Balaban J connectivity index is 2.03. The van der Waals surface area contributed by atoms with E-state index in [0.717, 1.165) is 19.3 Å². The molecule has 0 saturated heterocycles. The zero-order valence-corrected chi connectivity index (χ0v) is 10.9. The smallest absolute Gasteiger partial charge is 0.312 e. The first kappa shape index (κ1) is 12.9. The first-order valence-corrected chi connectivity index (χ1v) is 6.55. The highest BCUT2D eigenvalue weighted by Crippen LogP contribution is 2.57. The van der Waals surface area contributed by atoms with Gasteiger partial charge in [-0.25, -0.2) is 0 Å². The van der Waals surface area contributed by atoms with Gasteiger partial charge >= 0.3 is 5.97 Å². The second-order valence-electron chi connectivity index (χ2n) is 4.96. The van der Waals surface area contributed by atoms with Gasteiger partial charge in [-0.3, -0.25) is 4.79 Å². The monoisotopic (exact) mass is 244 g/mol. The standard InChI is InChI=1S/C16H20O2/c1-3-10-16(15(17)18-4-2)12-14(16)11-13-8-6-5-7-9-13/h3,5-9,14H,1,4,10-12H2,2H3/t14-,16-/m0/s1. The summed E-state index contributed by atoms with van der Waals surface area (Å²) in [7, 11) is 0. The third-order valence-corrected chi connectivity index (χ3v) is 3.75. The van der Waals surface area contributed by atoms with E-state index >= 15 is 0 Å². The molecule has 0 heterocycles. The summed E-state index contributed by atoms with van der Waals surface area (Å²) in [6, 6.07) is 10.3. The maximum Gasteiger partial charge on any atom is 0.312 e. The summed E-state index contributed by atoms with van der Waals surface area (Å²) in [4.78, 5) is 12.0. The number of esters is 1. The molecule has 0 bridgehead atoms. The van der Waals surface area contributed by atoms with Crippen LogP contribution in [0.5, 0.6) is 0 Å². The molecule has 0 spiro atoms. The van der Waals surface area contributed by atoms with Crippen LogP contribution < -0.4 is 0 Å². The van der Waals surface area contributed by atoms with Crippen molar-refractivity contribution < 1.29 is 9.53 Å². The number of carbonyl (C=O) groups is 1. The van der Waals surface area contributed by atoms with Gasteiger partial charge in [0.15, 0.2) is 0 Å². The average molecular weight is 244 g/mol. The number of hydrogen-bond acceptors (Lipinski definition) is 2. The molecule has 0 aliphatic heterocycles. The second-order valence-corrected chi connectivity index (χ2v) is 4.96. The van der Waals surface area contributed by atoms with Crippen molar-refractivity contribution in [3.8, 4) is 0 Å². The quantitative estimate of drug-likeness (QED) is 0.566. The van der Waals surface area contributed by atoms with Crippen LogP contribution in [0.4, 0.5) is 0 Å². The Bertz CT molecular complexity index is 424. The molecule has 1 fully saturated rings. The number of carbonyl (C=O) groups excluding carboxylic acids is 1. The van der Waals surface area contributed by atoms with Crippen LogP contribution in [-0.2, 0) is 16.0 Å². The van der Waals surface area contributed by atoms with Gasteiger partial charge in [0.2, 0.25) is 0 Å². The Kier molecular flexibility index (Phi) is 3.85. The topological polar surface area (TPSA) is 26.3 Å². The van der Waals surface area contributed by atoms with E-state index < -0.39 is 0 Å². The van der Waals surface area contributed by atoms with Crippen LogP contribution in [0.15, 0.2) is 43.0 Å². The summed E-state index contributed by atoms with van der Waals surface area (Å²) in [6.07, 6.45) is 4.44. The summed E-state index contributed by atoms with van der Waals surface area (Å²) >= 11 is 0. The number of benzene rings is 1. The molecule has 0 unspecified atom stereocenters. The van der Waals surface area contributed by atoms with Crippen LogP contribution in [0.3, 0.4) is 0 Å². The van der Waals surface area contributed by atoms with Crippen molar-refractivity contribution in [1.82, 2.24) is 0 Å². The van der Waals surface area contributed by atoms with Crippen molar-refractivity contribution in [2.75, 3.05) is 6.61 Å². The molecule has 2 nitrogen and oxygen atoms in total. The maximum absolute atomic E-state index is 12.0. The Morgan fingerprint density at radius 1 is 1.50 bits per heavy atom. The maximum atomic E-state index is 12.0. The number of ether oxygens (including phenoxy) is 1. The zero-order valence-electron chi connectivity index (χ0n) is 10.9. The van der Waals surface area contributed by atoms with Crippen molar-refractivity contribution in [2.45, 2.75) is 26.2 Å². The molecule has 18 heavy (non-hydrogen) atoms. The Morgan fingerprint density at radius 3 is 2.83 bits per heavy atom. The molecule has 1 aliphatic carbocycles. The van der Waals surface area contributed by atoms with Gasteiger partial charge in [-0.05, 0) is 37.7 Å². The largest absolute Gasteiger partial charge is 0.466 e. The van der Waals surface area contributed by atoms with Crippen molar-refractivity contribution in [3.05, 3.63) is 48.6 Å². The second kappa shape index (κ2) is 5.38. The van der Waals surface area contributed by atoms with E-state index in [2.05, 4.69) is 18.7 Å². The number of allylic oxidation sites excluding steroid dienone is 1. The van der Waals surface area contributed by atoms with Crippen molar-refractivity contribution in [1.29, 1.82) is 0 Å². The molecule has 2 rings (SSSR count). The van der Waals surface area contributed by atoms with Crippen molar-refractivity contribution in [3.63, 3.8) is 0 Å². The first-order chi connectivity index (χ1) is 8.73. The average Bonchev–Trinajstić information content (AvgIpc) is 3.06. The molecule has 2 heteroatoms. The summed E-state index contributed by atoms with van der Waals surface area (Å²) in [6.45, 7) is 6.07. The minimum Gasteiger partial charge on any atom is -0.466 e. The fourth-order valence-corrected chi connectivity index (χ4v) is 2.66. The highest BCUT2D eigenvalue weighted by molar-refractivity contribution is 5.81. The van der Waals surface area contributed by atoms with E-state index in [1.165, 1.54) is 5.56 Å². The summed E-state index contributed by atoms with van der Waals surface area (Å²) in [5, 5.41) is 0. The van der Waals surface area contributed by atoms with E-state index in [-0.39, 0.29) is 11.4 Å². The lowest BCUT2D eigenvalue weighted by molar-refractivity contribution is -0.150. The van der Waals surface area contributed by atoms with Gasteiger partial charge in [0.25, 0.3) is 0 Å². The molecule has 1 aromatic rings. The highest BCUT2D eigenvalue weighted by atomic mass is 16.5. The van der Waals surface area contributed by atoms with E-state index in [1.807, 2.05) is 31.2 Å². The minimum atomic E-state index is -0.298. The molecule has 96 valence electrons. The van der Waals surface area contributed by atoms with Gasteiger partial charge in [0, 0.05) is 0 Å². The van der Waals surface area contributed by atoms with Gasteiger partial charge in [-0.15, -0.1) is 6.58 Å². The van der Waals surface area contributed by atoms with E-state index in [1.54, 1.807) is 0 Å². The fraction of sp³-hybridized carbons (Fsp3) is 0.438. The van der Waals surface area contributed by atoms with Crippen LogP contribution in [0.1, 0.15) is 25.3 Å². The first-order valence-electron chi connectivity index (χ1n) is 6.55. The third-order valence-electron chi connectivity index (χ3n) is 3.75. The minimum absolute atomic E-state index is 0.0502. The molecule has 0 amide bonds. The van der Waals surface area contributed by atoms with Gasteiger partial charge < -0.3 is 4.74 Å². The van der Waals surface area contributed by atoms with Crippen LogP contribution in [0.2, 0.25) is 0 Å². The number of rotatable bonds is 6. The zero-order chi connectivity index (χ0) is 13.0. The van der Waals surface area contributed by atoms with Crippen LogP contribution >= 0.6 is 0 Å². The molecule has 1 aromatic carbocycles. The third kappa shape index (κ3) is 2.47. The van der Waals surface area contributed by atoms with Crippen molar-refractivity contribution >= 4 is 5.97 Å². The molecule has 1 saturated carbocycles. The normalized spacial score (nSPS) is 25.5. The molecule has 0 radical (unpaired) electrons. The highest BCUT2D eigenvalue weighted by Gasteiger charge is 2.59. The van der Waals surface area contributed by atoms with E-state index in [0.29, 0.717) is 12.5 Å². The predicted octanol–water partition coefficient (Wildman–Crippen LogP) is 3.37. The SMILES string of the molecule is C=CC[C@]1(C(=O)OCC)C[C@@H]1Cc1ccccc1. The lowest BCUT2D eigenvalue weighted by Gasteiger charge is -2.14. The number of hydrogen-bond donors (Lipinski definition) is 0. The Labute approximate surface area is 109 Å². The van der Waals surface area contributed by atoms with Crippen LogP contribution in [0.25, 0.3) is 0 Å². The van der Waals surface area contributed by atoms with Gasteiger partial charge in [-0.1, -0.05) is 36.4 Å².